The highest BCUT2D eigenvalue weighted by Gasteiger charge is 2.51. The number of carboxylic acid groups (broad SMARTS) is 1. The van der Waals surface area contributed by atoms with E-state index in [1.165, 1.54) is 11.8 Å². The van der Waals surface area contributed by atoms with Crippen molar-refractivity contribution < 1.29 is 20.1 Å². The number of nitrogens with one attached hydrogen (secondary N) is 1. The van der Waals surface area contributed by atoms with Crippen LogP contribution < -0.4 is 5.32 Å². The van der Waals surface area contributed by atoms with Crippen molar-refractivity contribution >= 4 is 17.7 Å². The number of hydrogen-bond acceptors (Lipinski definition) is 5. The fourth-order valence-electron chi connectivity index (χ4n) is 2.08. The molecule has 0 amide bonds. The standard InChI is InChI=1S/C12H23NO4S/c1-8(2)13-12(11(16)17,9-3-4-9)7-18-6-10(15)5-14/h8-10,13-15H,3-7H2,1-2H3,(H,16,17). The number of aliphatic carboxylic acids is 1. The van der Waals surface area contributed by atoms with Crippen molar-refractivity contribution in [3.05, 3.63) is 0 Å². The zero-order valence-electron chi connectivity index (χ0n) is 10.9. The third-order valence-corrected chi connectivity index (χ3v) is 4.33. The lowest BCUT2D eigenvalue weighted by atomic mass is 9.94. The predicted octanol–water partition coefficient (Wildman–Crippen LogP) is 0.304. The van der Waals surface area contributed by atoms with E-state index in [0.717, 1.165) is 12.8 Å². The summed E-state index contributed by atoms with van der Waals surface area (Å²) in [5, 5.41) is 30.7. The Hall–Kier alpha value is -0.300. The number of aliphatic hydroxyl groups excluding tert-OH is 2. The Bertz CT molecular complexity index is 283. The van der Waals surface area contributed by atoms with E-state index >= 15 is 0 Å². The van der Waals surface area contributed by atoms with Gasteiger partial charge in [0.1, 0.15) is 5.54 Å². The van der Waals surface area contributed by atoms with Crippen LogP contribution in [-0.4, -0.2) is 57.1 Å². The molecule has 0 aromatic carbocycles. The monoisotopic (exact) mass is 277 g/mol. The molecule has 18 heavy (non-hydrogen) atoms. The summed E-state index contributed by atoms with van der Waals surface area (Å²) in [7, 11) is 0. The van der Waals surface area contributed by atoms with Crippen LogP contribution in [0.2, 0.25) is 0 Å². The van der Waals surface area contributed by atoms with Crippen LogP contribution in [0.1, 0.15) is 26.7 Å². The molecule has 1 saturated carbocycles. The summed E-state index contributed by atoms with van der Waals surface area (Å²) in [4.78, 5) is 11.6. The number of rotatable bonds is 9. The first-order valence-electron chi connectivity index (χ1n) is 6.30. The van der Waals surface area contributed by atoms with Crippen LogP contribution in [0.15, 0.2) is 0 Å². The zero-order valence-corrected chi connectivity index (χ0v) is 11.7. The van der Waals surface area contributed by atoms with E-state index in [2.05, 4.69) is 5.32 Å². The van der Waals surface area contributed by atoms with Gasteiger partial charge in [-0.05, 0) is 32.6 Å². The average Bonchev–Trinajstić information content (AvgIpc) is 3.10. The van der Waals surface area contributed by atoms with Crippen molar-refractivity contribution in [2.24, 2.45) is 5.92 Å². The predicted molar refractivity (Wildman–Crippen MR) is 71.8 cm³/mol. The van der Waals surface area contributed by atoms with E-state index in [9.17, 15) is 15.0 Å². The van der Waals surface area contributed by atoms with Crippen molar-refractivity contribution in [3.8, 4) is 0 Å². The van der Waals surface area contributed by atoms with Gasteiger partial charge < -0.3 is 15.3 Å². The maximum Gasteiger partial charge on any atom is 0.325 e. The number of aliphatic hydroxyl groups is 2. The van der Waals surface area contributed by atoms with Gasteiger partial charge in [-0.15, -0.1) is 0 Å². The fraction of sp³-hybridized carbons (Fsp3) is 0.917. The maximum atomic E-state index is 11.6. The van der Waals surface area contributed by atoms with Gasteiger partial charge in [-0.25, -0.2) is 0 Å². The molecule has 0 spiro atoms. The van der Waals surface area contributed by atoms with E-state index in [0.29, 0.717) is 11.5 Å². The van der Waals surface area contributed by atoms with E-state index in [1.54, 1.807) is 0 Å². The van der Waals surface area contributed by atoms with Gasteiger partial charge in [0.2, 0.25) is 0 Å². The van der Waals surface area contributed by atoms with Gasteiger partial charge in [0.15, 0.2) is 0 Å². The Balaban J connectivity index is 2.61. The SMILES string of the molecule is CC(C)NC(CSCC(O)CO)(C(=O)O)C1CC1. The molecular weight excluding hydrogens is 254 g/mol. The van der Waals surface area contributed by atoms with E-state index in [-0.39, 0.29) is 18.6 Å². The highest BCUT2D eigenvalue weighted by Crippen LogP contribution is 2.42. The molecule has 0 radical (unpaired) electrons. The molecule has 6 heteroatoms. The lowest BCUT2D eigenvalue weighted by molar-refractivity contribution is -0.145. The number of thioether (sulfide) groups is 1. The number of carbonyl (C=O) groups is 1. The summed E-state index contributed by atoms with van der Waals surface area (Å²) in [6.45, 7) is 3.59. The van der Waals surface area contributed by atoms with Gasteiger partial charge >= 0.3 is 5.97 Å². The van der Waals surface area contributed by atoms with Gasteiger partial charge in [0.25, 0.3) is 0 Å². The molecule has 0 aromatic heterocycles. The molecule has 2 atom stereocenters. The Labute approximate surface area is 112 Å². The Morgan fingerprint density at radius 3 is 2.50 bits per heavy atom. The second-order valence-corrected chi connectivity index (χ2v) is 6.23. The largest absolute Gasteiger partial charge is 0.480 e. The van der Waals surface area contributed by atoms with Crippen molar-refractivity contribution in [1.82, 2.24) is 5.32 Å². The van der Waals surface area contributed by atoms with Crippen LogP contribution in [0.4, 0.5) is 0 Å². The van der Waals surface area contributed by atoms with Gasteiger partial charge in [0, 0.05) is 17.5 Å². The molecule has 2 unspecified atom stereocenters. The van der Waals surface area contributed by atoms with Crippen molar-refractivity contribution in [3.63, 3.8) is 0 Å². The molecular formula is C12H23NO4S. The molecule has 4 N–H and O–H groups in total. The van der Waals surface area contributed by atoms with Crippen LogP contribution >= 0.6 is 11.8 Å². The quantitative estimate of drug-likeness (QED) is 0.485. The van der Waals surface area contributed by atoms with Gasteiger partial charge in [-0.1, -0.05) is 0 Å². The summed E-state index contributed by atoms with van der Waals surface area (Å²) in [6, 6.07) is 0.102. The topological polar surface area (TPSA) is 89.8 Å². The molecule has 0 aliphatic heterocycles. The Morgan fingerprint density at radius 1 is 1.50 bits per heavy atom. The summed E-state index contributed by atoms with van der Waals surface area (Å²) < 4.78 is 0. The highest BCUT2D eigenvalue weighted by molar-refractivity contribution is 7.99. The third-order valence-electron chi connectivity index (χ3n) is 3.05. The zero-order chi connectivity index (χ0) is 13.8. The molecule has 1 aliphatic rings. The molecule has 1 aliphatic carbocycles. The fourth-order valence-corrected chi connectivity index (χ4v) is 3.34. The molecule has 0 bridgehead atoms. The first kappa shape index (κ1) is 15.8. The molecule has 106 valence electrons. The van der Waals surface area contributed by atoms with Gasteiger partial charge in [-0.2, -0.15) is 11.8 Å². The number of carboxylic acids is 1. The van der Waals surface area contributed by atoms with Crippen LogP contribution in [0.3, 0.4) is 0 Å². The summed E-state index contributed by atoms with van der Waals surface area (Å²) in [5.41, 5.74) is -0.895. The Morgan fingerprint density at radius 2 is 2.11 bits per heavy atom. The van der Waals surface area contributed by atoms with E-state index < -0.39 is 17.6 Å². The second kappa shape index (κ2) is 6.75. The van der Waals surface area contributed by atoms with Gasteiger partial charge in [0.05, 0.1) is 12.7 Å². The molecule has 0 heterocycles. The minimum absolute atomic E-state index is 0.102. The minimum atomic E-state index is -0.895. The van der Waals surface area contributed by atoms with Gasteiger partial charge in [-0.3, -0.25) is 10.1 Å². The molecule has 0 saturated heterocycles. The van der Waals surface area contributed by atoms with E-state index in [1.807, 2.05) is 13.8 Å². The summed E-state index contributed by atoms with van der Waals surface area (Å²) >= 11 is 1.38. The van der Waals surface area contributed by atoms with Crippen LogP contribution in [0.5, 0.6) is 0 Å². The Kier molecular flexibility index (Phi) is 5.91. The molecule has 1 fully saturated rings. The molecule has 1 rings (SSSR count). The van der Waals surface area contributed by atoms with Crippen molar-refractivity contribution in [2.75, 3.05) is 18.1 Å². The van der Waals surface area contributed by atoms with E-state index in [4.69, 9.17) is 5.11 Å². The summed E-state index contributed by atoms with van der Waals surface area (Å²) in [6.07, 6.45) is 1.10. The minimum Gasteiger partial charge on any atom is -0.480 e. The smallest absolute Gasteiger partial charge is 0.325 e. The maximum absolute atomic E-state index is 11.6. The average molecular weight is 277 g/mol. The highest BCUT2D eigenvalue weighted by atomic mass is 32.2. The van der Waals surface area contributed by atoms with Crippen molar-refractivity contribution in [1.29, 1.82) is 0 Å². The van der Waals surface area contributed by atoms with Crippen molar-refractivity contribution in [2.45, 2.75) is 44.4 Å². The number of hydrogen-bond donors (Lipinski definition) is 4. The third kappa shape index (κ3) is 4.12. The lowest BCUT2D eigenvalue weighted by Gasteiger charge is -2.33. The summed E-state index contributed by atoms with van der Waals surface area (Å²) in [5.74, 6) is 0.140. The van der Waals surface area contributed by atoms with Crippen LogP contribution in [0, 0.1) is 5.92 Å². The first-order valence-corrected chi connectivity index (χ1v) is 7.45. The van der Waals surface area contributed by atoms with Crippen LogP contribution in [-0.2, 0) is 4.79 Å². The molecule has 0 aromatic rings. The second-order valence-electron chi connectivity index (χ2n) is 5.20. The normalized spacial score (nSPS) is 20.7. The lowest BCUT2D eigenvalue weighted by Crippen LogP contribution is -2.58. The first-order chi connectivity index (χ1) is 8.42. The van der Waals surface area contributed by atoms with Crippen LogP contribution in [0.25, 0.3) is 0 Å². The molecule has 5 nitrogen and oxygen atoms in total.